The van der Waals surface area contributed by atoms with Gasteiger partial charge in [0.15, 0.2) is 0 Å². The number of amides is 1. The summed E-state index contributed by atoms with van der Waals surface area (Å²) in [7, 11) is 0. The fraction of sp³-hybridized carbons (Fsp3) is 0.278. The molecule has 0 bridgehead atoms. The number of para-hydroxylation sites is 1. The average Bonchev–Trinajstić information content (AvgIpc) is 2.55. The van der Waals surface area contributed by atoms with Crippen LogP contribution in [0.4, 0.5) is 5.69 Å². The summed E-state index contributed by atoms with van der Waals surface area (Å²) in [6, 6.07) is 14.6. The maximum absolute atomic E-state index is 11.9. The number of halogens is 1. The van der Waals surface area contributed by atoms with Crippen LogP contribution in [0.3, 0.4) is 0 Å². The van der Waals surface area contributed by atoms with E-state index in [2.05, 4.69) is 5.32 Å². The summed E-state index contributed by atoms with van der Waals surface area (Å²) in [5.41, 5.74) is 0.631. The Kier molecular flexibility index (Phi) is 6.76. The van der Waals surface area contributed by atoms with Crippen molar-refractivity contribution < 1.29 is 14.3 Å². The van der Waals surface area contributed by atoms with Crippen molar-refractivity contribution in [2.45, 2.75) is 19.8 Å². The first kappa shape index (κ1) is 17.2. The molecule has 0 atom stereocenters. The Labute approximate surface area is 141 Å². The lowest BCUT2D eigenvalue weighted by molar-refractivity contribution is -0.116. The maximum atomic E-state index is 11.9. The smallest absolute Gasteiger partial charge is 0.224 e. The lowest BCUT2D eigenvalue weighted by atomic mass is 10.2. The number of rotatable bonds is 8. The lowest BCUT2D eigenvalue weighted by Crippen LogP contribution is -2.13. The van der Waals surface area contributed by atoms with E-state index in [1.807, 2.05) is 43.3 Å². The lowest BCUT2D eigenvalue weighted by Gasteiger charge is -2.09. The number of benzene rings is 2. The van der Waals surface area contributed by atoms with Crippen LogP contribution in [0, 0.1) is 0 Å². The third kappa shape index (κ3) is 5.83. The first-order valence-electron chi connectivity index (χ1n) is 7.59. The van der Waals surface area contributed by atoms with E-state index in [4.69, 9.17) is 21.1 Å². The van der Waals surface area contributed by atoms with Gasteiger partial charge in [-0.3, -0.25) is 4.79 Å². The highest BCUT2D eigenvalue weighted by Gasteiger charge is 2.05. The molecule has 4 nitrogen and oxygen atoms in total. The fourth-order valence-corrected chi connectivity index (χ4v) is 2.18. The summed E-state index contributed by atoms with van der Waals surface area (Å²) in [5.74, 6) is 1.51. The topological polar surface area (TPSA) is 47.6 Å². The Morgan fingerprint density at radius 2 is 1.70 bits per heavy atom. The second kappa shape index (κ2) is 9.06. The van der Waals surface area contributed by atoms with Gasteiger partial charge in [0.1, 0.15) is 11.5 Å². The van der Waals surface area contributed by atoms with E-state index < -0.39 is 0 Å². The van der Waals surface area contributed by atoms with Gasteiger partial charge in [0.25, 0.3) is 0 Å². The molecule has 0 aromatic heterocycles. The van der Waals surface area contributed by atoms with E-state index in [-0.39, 0.29) is 5.91 Å². The van der Waals surface area contributed by atoms with Crippen LogP contribution in [-0.2, 0) is 4.79 Å². The van der Waals surface area contributed by atoms with Gasteiger partial charge in [-0.25, -0.2) is 0 Å². The highest BCUT2D eigenvalue weighted by molar-refractivity contribution is 6.33. The number of anilines is 1. The van der Waals surface area contributed by atoms with Crippen molar-refractivity contribution in [2.24, 2.45) is 0 Å². The molecule has 2 rings (SSSR count). The molecule has 0 unspecified atom stereocenters. The number of ether oxygens (including phenoxy) is 2. The van der Waals surface area contributed by atoms with Gasteiger partial charge in [-0.05, 0) is 49.7 Å². The standard InChI is InChI=1S/C18H20ClNO3/c1-2-22-14-9-11-15(12-10-14)23-13-5-8-18(21)20-17-7-4-3-6-16(17)19/h3-4,6-7,9-12H,2,5,8,13H2,1H3,(H,20,21). The van der Waals surface area contributed by atoms with E-state index in [9.17, 15) is 4.79 Å². The van der Waals surface area contributed by atoms with Crippen LogP contribution < -0.4 is 14.8 Å². The van der Waals surface area contributed by atoms with Crippen molar-refractivity contribution in [3.63, 3.8) is 0 Å². The molecule has 23 heavy (non-hydrogen) atoms. The normalized spacial score (nSPS) is 10.2. The van der Waals surface area contributed by atoms with Gasteiger partial charge in [0.05, 0.1) is 23.9 Å². The van der Waals surface area contributed by atoms with Gasteiger partial charge in [0.2, 0.25) is 5.91 Å². The van der Waals surface area contributed by atoms with E-state index in [0.29, 0.717) is 36.8 Å². The molecular weight excluding hydrogens is 314 g/mol. The molecule has 0 aliphatic rings. The Hall–Kier alpha value is -2.20. The third-order valence-corrected chi connectivity index (χ3v) is 3.43. The van der Waals surface area contributed by atoms with Crippen LogP contribution in [0.15, 0.2) is 48.5 Å². The highest BCUT2D eigenvalue weighted by atomic mass is 35.5. The molecule has 0 aliphatic carbocycles. The predicted molar refractivity (Wildman–Crippen MR) is 92.4 cm³/mol. The number of carbonyl (C=O) groups is 1. The van der Waals surface area contributed by atoms with Crippen LogP contribution in [0.2, 0.25) is 5.02 Å². The Morgan fingerprint density at radius 3 is 2.35 bits per heavy atom. The Balaban J connectivity index is 1.68. The summed E-state index contributed by atoms with van der Waals surface area (Å²) in [4.78, 5) is 11.9. The average molecular weight is 334 g/mol. The molecule has 122 valence electrons. The molecule has 1 N–H and O–H groups in total. The molecule has 0 saturated carbocycles. The van der Waals surface area contributed by atoms with E-state index in [0.717, 1.165) is 11.5 Å². The minimum atomic E-state index is -0.0756. The SMILES string of the molecule is CCOc1ccc(OCCCC(=O)Nc2ccccc2Cl)cc1. The van der Waals surface area contributed by atoms with Crippen LogP contribution in [-0.4, -0.2) is 19.1 Å². The summed E-state index contributed by atoms with van der Waals surface area (Å²) < 4.78 is 11.0. The zero-order chi connectivity index (χ0) is 16.5. The zero-order valence-electron chi connectivity index (χ0n) is 13.0. The molecule has 2 aromatic carbocycles. The number of hydrogen-bond donors (Lipinski definition) is 1. The molecule has 0 radical (unpaired) electrons. The van der Waals surface area contributed by atoms with Gasteiger partial charge >= 0.3 is 0 Å². The molecule has 0 fully saturated rings. The van der Waals surface area contributed by atoms with Gasteiger partial charge in [0, 0.05) is 6.42 Å². The summed E-state index contributed by atoms with van der Waals surface area (Å²) in [6.07, 6.45) is 1.01. The predicted octanol–water partition coefficient (Wildman–Crippen LogP) is 4.54. The van der Waals surface area contributed by atoms with Crippen molar-refractivity contribution in [2.75, 3.05) is 18.5 Å². The van der Waals surface area contributed by atoms with Gasteiger partial charge in [-0.2, -0.15) is 0 Å². The fourth-order valence-electron chi connectivity index (χ4n) is 2.00. The molecule has 0 saturated heterocycles. The first-order chi connectivity index (χ1) is 11.2. The van der Waals surface area contributed by atoms with Crippen molar-refractivity contribution >= 4 is 23.2 Å². The maximum Gasteiger partial charge on any atom is 0.224 e. The second-order valence-corrected chi connectivity index (χ2v) is 5.29. The molecular formula is C18H20ClNO3. The first-order valence-corrected chi connectivity index (χ1v) is 7.97. The van der Waals surface area contributed by atoms with Crippen LogP contribution >= 0.6 is 11.6 Å². The molecule has 2 aromatic rings. The molecule has 0 heterocycles. The molecule has 0 aliphatic heterocycles. The molecule has 0 spiro atoms. The van der Waals surface area contributed by atoms with Crippen molar-refractivity contribution in [1.82, 2.24) is 0 Å². The molecule has 5 heteroatoms. The van der Waals surface area contributed by atoms with E-state index >= 15 is 0 Å². The number of nitrogens with one attached hydrogen (secondary N) is 1. The third-order valence-electron chi connectivity index (χ3n) is 3.10. The molecule has 1 amide bonds. The van der Waals surface area contributed by atoms with Crippen LogP contribution in [0.25, 0.3) is 0 Å². The van der Waals surface area contributed by atoms with Crippen molar-refractivity contribution in [3.05, 3.63) is 53.6 Å². The minimum Gasteiger partial charge on any atom is -0.494 e. The van der Waals surface area contributed by atoms with Gasteiger partial charge in [-0.15, -0.1) is 0 Å². The van der Waals surface area contributed by atoms with Gasteiger partial charge in [-0.1, -0.05) is 23.7 Å². The quantitative estimate of drug-likeness (QED) is 0.722. The number of carbonyl (C=O) groups excluding carboxylic acids is 1. The minimum absolute atomic E-state index is 0.0756. The van der Waals surface area contributed by atoms with E-state index in [1.165, 1.54) is 0 Å². The number of hydrogen-bond acceptors (Lipinski definition) is 3. The van der Waals surface area contributed by atoms with Gasteiger partial charge < -0.3 is 14.8 Å². The zero-order valence-corrected chi connectivity index (χ0v) is 13.8. The summed E-state index contributed by atoms with van der Waals surface area (Å²) >= 11 is 6.00. The van der Waals surface area contributed by atoms with Crippen LogP contribution in [0.5, 0.6) is 11.5 Å². The van der Waals surface area contributed by atoms with E-state index in [1.54, 1.807) is 12.1 Å². The van der Waals surface area contributed by atoms with Crippen LogP contribution in [0.1, 0.15) is 19.8 Å². The van der Waals surface area contributed by atoms with Crippen molar-refractivity contribution in [1.29, 1.82) is 0 Å². The Morgan fingerprint density at radius 1 is 1.04 bits per heavy atom. The second-order valence-electron chi connectivity index (χ2n) is 4.88. The Bertz CT molecular complexity index is 628. The summed E-state index contributed by atoms with van der Waals surface area (Å²) in [6.45, 7) is 3.06. The summed E-state index contributed by atoms with van der Waals surface area (Å²) in [5, 5.41) is 3.32. The highest BCUT2D eigenvalue weighted by Crippen LogP contribution is 2.21. The monoisotopic (exact) mass is 333 g/mol. The van der Waals surface area contributed by atoms with Crippen molar-refractivity contribution in [3.8, 4) is 11.5 Å². The largest absolute Gasteiger partial charge is 0.494 e.